The number of carbonyl (C=O) groups excluding carboxylic acids is 2. The van der Waals surface area contributed by atoms with Crippen molar-refractivity contribution in [3.63, 3.8) is 0 Å². The predicted molar refractivity (Wildman–Crippen MR) is 275 cm³/mol. The van der Waals surface area contributed by atoms with Gasteiger partial charge in [-0.2, -0.15) is 0 Å². The first kappa shape index (κ1) is 62.2. The van der Waals surface area contributed by atoms with Gasteiger partial charge in [0, 0.05) is 19.4 Å². The SMILES string of the molecule is CC/C=C\C/C=C\C/C=C\C/C=C\CCCCCCC(=O)OC(COC(=O)CCCCCCCCCCCCCC/C=C\C/C=C\C/C=C\CCCCCCC)COP(=O)(O)OCCN. The van der Waals surface area contributed by atoms with E-state index in [-0.39, 0.29) is 32.6 Å². The van der Waals surface area contributed by atoms with Crippen LogP contribution in [0, 0.1) is 0 Å². The van der Waals surface area contributed by atoms with Gasteiger partial charge in [0.25, 0.3) is 0 Å². The molecular weight excluding hydrogens is 834 g/mol. The highest BCUT2D eigenvalue weighted by Gasteiger charge is 2.26. The van der Waals surface area contributed by atoms with Crippen LogP contribution in [0.5, 0.6) is 0 Å². The van der Waals surface area contributed by atoms with Gasteiger partial charge in [0.2, 0.25) is 0 Å². The zero-order valence-corrected chi connectivity index (χ0v) is 42.3. The molecule has 65 heavy (non-hydrogen) atoms. The molecule has 374 valence electrons. The number of esters is 2. The Morgan fingerprint density at radius 1 is 0.477 bits per heavy atom. The monoisotopic (exact) mass is 930 g/mol. The molecule has 0 saturated heterocycles. The number of carbonyl (C=O) groups is 2. The predicted octanol–water partition coefficient (Wildman–Crippen LogP) is 16.0. The molecule has 0 radical (unpaired) electrons. The molecular formula is C55H96NO8P. The standard InChI is InChI=1S/C55H96NO8P/c1-3-5-7-9-11-13-15-17-19-21-22-23-24-25-26-27-28-29-30-32-33-35-37-39-41-43-45-47-54(57)61-51-53(52-63-65(59,60)62-50-49-56)64-55(58)48-46-44-42-40-38-36-34-31-20-18-16-14-12-10-8-6-4-2/h6,8,12,14-15,17-18,20-22,24-25,34,36,53H,3-5,7,9-11,13,16,19,23,26-33,35,37-52,56H2,1-2H3,(H,59,60)/b8-6-,14-12-,17-15-,20-18-,22-21-,25-24-,36-34-. The van der Waals surface area contributed by atoms with Crippen LogP contribution in [0.4, 0.5) is 0 Å². The number of hydrogen-bond acceptors (Lipinski definition) is 8. The number of unbranched alkanes of at least 4 members (excludes halogenated alkanes) is 21. The lowest BCUT2D eigenvalue weighted by atomic mass is 10.0. The first-order chi connectivity index (χ1) is 31.8. The van der Waals surface area contributed by atoms with Crippen LogP contribution < -0.4 is 5.73 Å². The second-order valence-corrected chi connectivity index (χ2v) is 18.5. The molecule has 3 N–H and O–H groups in total. The van der Waals surface area contributed by atoms with Crippen molar-refractivity contribution in [2.75, 3.05) is 26.4 Å². The highest BCUT2D eigenvalue weighted by atomic mass is 31.2. The molecule has 0 aliphatic carbocycles. The molecule has 0 fully saturated rings. The van der Waals surface area contributed by atoms with Crippen molar-refractivity contribution in [3.8, 4) is 0 Å². The number of hydrogen-bond donors (Lipinski definition) is 2. The highest BCUT2D eigenvalue weighted by molar-refractivity contribution is 7.47. The zero-order valence-electron chi connectivity index (χ0n) is 41.4. The Bertz CT molecular complexity index is 1340. The van der Waals surface area contributed by atoms with Gasteiger partial charge in [-0.15, -0.1) is 0 Å². The van der Waals surface area contributed by atoms with Gasteiger partial charge in [-0.1, -0.05) is 202 Å². The van der Waals surface area contributed by atoms with Crippen molar-refractivity contribution >= 4 is 19.8 Å². The fraction of sp³-hybridized carbons (Fsp3) is 0.709. The average molecular weight is 930 g/mol. The number of phosphoric ester groups is 1. The topological polar surface area (TPSA) is 134 Å². The summed E-state index contributed by atoms with van der Waals surface area (Å²) < 4.78 is 32.9. The molecule has 2 unspecified atom stereocenters. The molecule has 0 spiro atoms. The largest absolute Gasteiger partial charge is 0.472 e. The van der Waals surface area contributed by atoms with Gasteiger partial charge in [0.15, 0.2) is 6.10 Å². The Hall–Kier alpha value is -2.81. The van der Waals surface area contributed by atoms with E-state index in [1.165, 1.54) is 103 Å². The summed E-state index contributed by atoms with van der Waals surface area (Å²) in [6.07, 6.45) is 64.8. The molecule has 0 rings (SSSR count). The smallest absolute Gasteiger partial charge is 0.462 e. The van der Waals surface area contributed by atoms with E-state index < -0.39 is 32.5 Å². The molecule has 0 heterocycles. The van der Waals surface area contributed by atoms with Crippen LogP contribution in [0.3, 0.4) is 0 Å². The van der Waals surface area contributed by atoms with Crippen molar-refractivity contribution in [1.82, 2.24) is 0 Å². The third-order valence-corrected chi connectivity index (χ3v) is 11.7. The van der Waals surface area contributed by atoms with Gasteiger partial charge in [-0.05, 0) is 89.9 Å². The van der Waals surface area contributed by atoms with Crippen LogP contribution in [0.1, 0.15) is 219 Å². The van der Waals surface area contributed by atoms with E-state index in [9.17, 15) is 19.0 Å². The summed E-state index contributed by atoms with van der Waals surface area (Å²) in [5.74, 6) is -0.860. The maximum absolute atomic E-state index is 12.6. The summed E-state index contributed by atoms with van der Waals surface area (Å²) in [7, 11) is -4.40. The van der Waals surface area contributed by atoms with Crippen LogP contribution >= 0.6 is 7.82 Å². The van der Waals surface area contributed by atoms with E-state index in [0.717, 1.165) is 83.5 Å². The molecule has 9 nitrogen and oxygen atoms in total. The molecule has 0 saturated carbocycles. The van der Waals surface area contributed by atoms with Crippen LogP contribution in [-0.2, 0) is 32.7 Å². The van der Waals surface area contributed by atoms with E-state index in [1.807, 2.05) is 0 Å². The first-order valence-corrected chi connectivity index (χ1v) is 27.6. The maximum Gasteiger partial charge on any atom is 0.472 e. The Labute approximate surface area is 398 Å². The van der Waals surface area contributed by atoms with Crippen LogP contribution in [-0.4, -0.2) is 49.3 Å². The van der Waals surface area contributed by atoms with Gasteiger partial charge in [0.05, 0.1) is 13.2 Å². The van der Waals surface area contributed by atoms with Crippen molar-refractivity contribution in [1.29, 1.82) is 0 Å². The Morgan fingerprint density at radius 3 is 1.26 bits per heavy atom. The molecule has 2 atom stereocenters. The summed E-state index contributed by atoms with van der Waals surface area (Å²) in [5, 5.41) is 0. The van der Waals surface area contributed by atoms with Crippen molar-refractivity contribution < 1.29 is 37.6 Å². The molecule has 0 aliphatic rings. The van der Waals surface area contributed by atoms with Crippen molar-refractivity contribution in [2.24, 2.45) is 5.73 Å². The van der Waals surface area contributed by atoms with Gasteiger partial charge in [-0.3, -0.25) is 18.6 Å². The van der Waals surface area contributed by atoms with E-state index >= 15 is 0 Å². The molecule has 0 aromatic heterocycles. The number of nitrogens with two attached hydrogens (primary N) is 1. The van der Waals surface area contributed by atoms with E-state index in [2.05, 4.69) is 98.9 Å². The minimum absolute atomic E-state index is 0.0449. The van der Waals surface area contributed by atoms with Gasteiger partial charge in [0.1, 0.15) is 6.61 Å². The number of ether oxygens (including phenoxy) is 2. The quantitative estimate of drug-likeness (QED) is 0.0265. The lowest BCUT2D eigenvalue weighted by Gasteiger charge is -2.19. The summed E-state index contributed by atoms with van der Waals surface area (Å²) in [5.41, 5.74) is 5.36. The summed E-state index contributed by atoms with van der Waals surface area (Å²) in [6, 6.07) is 0. The van der Waals surface area contributed by atoms with Crippen molar-refractivity contribution in [3.05, 3.63) is 85.1 Å². The van der Waals surface area contributed by atoms with E-state index in [1.54, 1.807) is 0 Å². The van der Waals surface area contributed by atoms with Gasteiger partial charge >= 0.3 is 19.8 Å². The molecule has 0 amide bonds. The van der Waals surface area contributed by atoms with Crippen LogP contribution in [0.2, 0.25) is 0 Å². The maximum atomic E-state index is 12.6. The number of rotatable bonds is 48. The summed E-state index contributed by atoms with van der Waals surface area (Å²) in [4.78, 5) is 35.1. The van der Waals surface area contributed by atoms with Crippen LogP contribution in [0.15, 0.2) is 85.1 Å². The van der Waals surface area contributed by atoms with Gasteiger partial charge in [-0.25, -0.2) is 4.57 Å². The van der Waals surface area contributed by atoms with Crippen LogP contribution in [0.25, 0.3) is 0 Å². The second kappa shape index (κ2) is 50.6. The van der Waals surface area contributed by atoms with Gasteiger partial charge < -0.3 is 20.1 Å². The second-order valence-electron chi connectivity index (χ2n) is 17.0. The third kappa shape index (κ3) is 50.4. The normalized spacial score (nSPS) is 13.8. The Kier molecular flexibility index (Phi) is 48.4. The fourth-order valence-electron chi connectivity index (χ4n) is 6.93. The zero-order chi connectivity index (χ0) is 47.4. The number of phosphoric acid groups is 1. The lowest BCUT2D eigenvalue weighted by Crippen LogP contribution is -2.29. The molecule has 0 aliphatic heterocycles. The fourth-order valence-corrected chi connectivity index (χ4v) is 7.69. The Morgan fingerprint density at radius 2 is 0.846 bits per heavy atom. The minimum Gasteiger partial charge on any atom is -0.462 e. The minimum atomic E-state index is -4.40. The Balaban J connectivity index is 4.04. The summed E-state index contributed by atoms with van der Waals surface area (Å²) in [6.45, 7) is 3.58. The molecule has 10 heteroatoms. The molecule has 0 aromatic rings. The van der Waals surface area contributed by atoms with E-state index in [0.29, 0.717) is 6.42 Å². The highest BCUT2D eigenvalue weighted by Crippen LogP contribution is 2.43. The summed E-state index contributed by atoms with van der Waals surface area (Å²) >= 11 is 0. The van der Waals surface area contributed by atoms with E-state index in [4.69, 9.17) is 24.3 Å². The molecule has 0 aromatic carbocycles. The molecule has 0 bridgehead atoms. The number of allylic oxidation sites excluding steroid dienone is 14. The average Bonchev–Trinajstić information content (AvgIpc) is 3.30. The third-order valence-electron chi connectivity index (χ3n) is 10.8. The van der Waals surface area contributed by atoms with Crippen molar-refractivity contribution in [2.45, 2.75) is 225 Å². The lowest BCUT2D eigenvalue weighted by molar-refractivity contribution is -0.161. The first-order valence-electron chi connectivity index (χ1n) is 26.1.